The zero-order valence-electron chi connectivity index (χ0n) is 6.64. The number of nitrogens with zero attached hydrogens (tertiary/aromatic N) is 4. The first-order valence-electron chi connectivity index (χ1n) is 3.69. The Labute approximate surface area is 69.1 Å². The highest BCUT2D eigenvalue weighted by Gasteiger charge is 2.06. The summed E-state index contributed by atoms with van der Waals surface area (Å²) in [6, 6.07) is 0. The third-order valence-corrected chi connectivity index (χ3v) is 1.48. The van der Waals surface area contributed by atoms with E-state index in [0.29, 0.717) is 11.7 Å². The normalized spacial score (nSPS) is 10.4. The minimum atomic E-state index is 0.460. The molecule has 5 heteroatoms. The predicted molar refractivity (Wildman–Crippen MR) is 41.2 cm³/mol. The van der Waals surface area contributed by atoms with Crippen LogP contribution in [0.3, 0.4) is 0 Å². The highest BCUT2D eigenvalue weighted by atomic mass is 16.3. The van der Waals surface area contributed by atoms with Crippen LogP contribution in [-0.2, 0) is 6.54 Å². The van der Waals surface area contributed by atoms with E-state index in [2.05, 4.69) is 15.1 Å². The Bertz CT molecular complexity index is 351. The standard InChI is InChI=1S/C7H8N4O/c1-2-11-5-9-6(10-11)7-8-3-4-12-7/h3-5H,2H2,1H3. The fourth-order valence-corrected chi connectivity index (χ4v) is 0.879. The second-order valence-corrected chi connectivity index (χ2v) is 2.26. The van der Waals surface area contributed by atoms with Gasteiger partial charge < -0.3 is 4.42 Å². The quantitative estimate of drug-likeness (QED) is 0.663. The van der Waals surface area contributed by atoms with Gasteiger partial charge in [-0.2, -0.15) is 0 Å². The average molecular weight is 164 g/mol. The molecule has 0 amide bonds. The minimum Gasteiger partial charge on any atom is -0.442 e. The summed E-state index contributed by atoms with van der Waals surface area (Å²) >= 11 is 0. The van der Waals surface area contributed by atoms with Crippen LogP contribution >= 0.6 is 0 Å². The zero-order chi connectivity index (χ0) is 8.39. The van der Waals surface area contributed by atoms with E-state index in [1.54, 1.807) is 17.2 Å². The molecule has 0 saturated heterocycles. The van der Waals surface area contributed by atoms with Crippen LogP contribution in [0.25, 0.3) is 11.7 Å². The molecule has 2 heterocycles. The molecule has 0 radical (unpaired) electrons. The molecule has 62 valence electrons. The molecular weight excluding hydrogens is 156 g/mol. The molecule has 0 N–H and O–H groups in total. The van der Waals surface area contributed by atoms with Crippen LogP contribution in [0.2, 0.25) is 0 Å². The van der Waals surface area contributed by atoms with E-state index in [4.69, 9.17) is 4.42 Å². The molecule has 0 atom stereocenters. The van der Waals surface area contributed by atoms with E-state index in [1.165, 1.54) is 6.26 Å². The Morgan fingerprint density at radius 1 is 1.50 bits per heavy atom. The lowest BCUT2D eigenvalue weighted by atomic mass is 10.6. The predicted octanol–water partition coefficient (Wildman–Crippen LogP) is 0.953. The largest absolute Gasteiger partial charge is 0.442 e. The molecule has 0 unspecified atom stereocenters. The Balaban J connectivity index is 2.35. The Hall–Kier alpha value is -1.65. The number of oxazole rings is 1. The van der Waals surface area contributed by atoms with E-state index >= 15 is 0 Å². The minimum absolute atomic E-state index is 0.460. The van der Waals surface area contributed by atoms with Gasteiger partial charge in [-0.3, -0.25) is 4.68 Å². The topological polar surface area (TPSA) is 56.7 Å². The summed E-state index contributed by atoms with van der Waals surface area (Å²) in [6.45, 7) is 2.79. The van der Waals surface area contributed by atoms with Gasteiger partial charge in [0.15, 0.2) is 0 Å². The van der Waals surface area contributed by atoms with Crippen molar-refractivity contribution in [2.45, 2.75) is 13.5 Å². The number of rotatable bonds is 2. The van der Waals surface area contributed by atoms with Gasteiger partial charge in [-0.1, -0.05) is 0 Å². The van der Waals surface area contributed by atoms with Crippen molar-refractivity contribution in [2.24, 2.45) is 0 Å². The molecule has 0 fully saturated rings. The molecule has 0 aliphatic heterocycles. The molecule has 0 aliphatic rings. The van der Waals surface area contributed by atoms with E-state index < -0.39 is 0 Å². The zero-order valence-corrected chi connectivity index (χ0v) is 6.64. The maximum Gasteiger partial charge on any atom is 0.266 e. The van der Waals surface area contributed by atoms with Gasteiger partial charge in [0.2, 0.25) is 5.82 Å². The highest BCUT2D eigenvalue weighted by molar-refractivity contribution is 5.37. The van der Waals surface area contributed by atoms with Crippen molar-refractivity contribution in [3.05, 3.63) is 18.8 Å². The lowest BCUT2D eigenvalue weighted by molar-refractivity contribution is 0.566. The van der Waals surface area contributed by atoms with Gasteiger partial charge >= 0.3 is 0 Å². The van der Waals surface area contributed by atoms with Gasteiger partial charge in [0, 0.05) is 6.54 Å². The van der Waals surface area contributed by atoms with Crippen LogP contribution in [0.1, 0.15) is 6.92 Å². The van der Waals surface area contributed by atoms with E-state index in [-0.39, 0.29) is 0 Å². The second kappa shape index (κ2) is 2.77. The fraction of sp³-hybridized carbons (Fsp3) is 0.286. The summed E-state index contributed by atoms with van der Waals surface area (Å²) in [4.78, 5) is 7.95. The van der Waals surface area contributed by atoms with Gasteiger partial charge in [0.05, 0.1) is 6.20 Å². The third-order valence-electron chi connectivity index (χ3n) is 1.48. The van der Waals surface area contributed by atoms with Gasteiger partial charge in [-0.15, -0.1) is 5.10 Å². The smallest absolute Gasteiger partial charge is 0.266 e. The lowest BCUT2D eigenvalue weighted by Crippen LogP contribution is -1.93. The van der Waals surface area contributed by atoms with Gasteiger partial charge in [-0.05, 0) is 6.92 Å². The lowest BCUT2D eigenvalue weighted by Gasteiger charge is -1.88. The van der Waals surface area contributed by atoms with Crippen LogP contribution in [0.5, 0.6) is 0 Å². The van der Waals surface area contributed by atoms with Crippen molar-refractivity contribution in [1.29, 1.82) is 0 Å². The van der Waals surface area contributed by atoms with Crippen molar-refractivity contribution in [3.8, 4) is 11.7 Å². The molecular formula is C7H8N4O. The number of hydrogen-bond donors (Lipinski definition) is 0. The van der Waals surface area contributed by atoms with Crippen LogP contribution < -0.4 is 0 Å². The monoisotopic (exact) mass is 164 g/mol. The van der Waals surface area contributed by atoms with E-state index in [1.807, 2.05) is 6.92 Å². The number of aryl methyl sites for hydroxylation is 1. The molecule has 0 aliphatic carbocycles. The van der Waals surface area contributed by atoms with Gasteiger partial charge in [-0.25, -0.2) is 9.97 Å². The molecule has 0 saturated carbocycles. The maximum atomic E-state index is 5.03. The van der Waals surface area contributed by atoms with Crippen molar-refractivity contribution < 1.29 is 4.42 Å². The molecule has 2 aromatic heterocycles. The second-order valence-electron chi connectivity index (χ2n) is 2.26. The summed E-state index contributed by atoms with van der Waals surface area (Å²) in [5.41, 5.74) is 0. The molecule has 0 aromatic carbocycles. The van der Waals surface area contributed by atoms with E-state index in [9.17, 15) is 0 Å². The molecule has 2 aromatic rings. The molecule has 5 nitrogen and oxygen atoms in total. The van der Waals surface area contributed by atoms with Gasteiger partial charge in [0.25, 0.3) is 5.89 Å². The fourth-order valence-electron chi connectivity index (χ4n) is 0.879. The van der Waals surface area contributed by atoms with Crippen molar-refractivity contribution >= 4 is 0 Å². The van der Waals surface area contributed by atoms with Crippen molar-refractivity contribution in [2.75, 3.05) is 0 Å². The summed E-state index contributed by atoms with van der Waals surface area (Å²) < 4.78 is 6.75. The first-order valence-corrected chi connectivity index (χ1v) is 3.69. The van der Waals surface area contributed by atoms with Crippen molar-refractivity contribution in [1.82, 2.24) is 19.7 Å². The molecule has 0 spiro atoms. The summed E-state index contributed by atoms with van der Waals surface area (Å²) in [6.07, 6.45) is 4.73. The first-order chi connectivity index (χ1) is 5.90. The molecule has 12 heavy (non-hydrogen) atoms. The number of aromatic nitrogens is 4. The van der Waals surface area contributed by atoms with E-state index in [0.717, 1.165) is 6.54 Å². The Morgan fingerprint density at radius 3 is 3.00 bits per heavy atom. The van der Waals surface area contributed by atoms with Crippen LogP contribution in [-0.4, -0.2) is 19.7 Å². The number of hydrogen-bond acceptors (Lipinski definition) is 4. The van der Waals surface area contributed by atoms with Crippen LogP contribution in [0, 0.1) is 0 Å². The van der Waals surface area contributed by atoms with Crippen LogP contribution in [0.4, 0.5) is 0 Å². The Morgan fingerprint density at radius 2 is 2.42 bits per heavy atom. The first kappa shape index (κ1) is 7.02. The molecule has 2 rings (SSSR count). The Kier molecular flexibility index (Phi) is 1.62. The third kappa shape index (κ3) is 1.09. The maximum absolute atomic E-state index is 5.03. The highest BCUT2D eigenvalue weighted by Crippen LogP contribution is 2.09. The van der Waals surface area contributed by atoms with Crippen LogP contribution in [0.15, 0.2) is 23.2 Å². The van der Waals surface area contributed by atoms with Crippen molar-refractivity contribution in [3.63, 3.8) is 0 Å². The molecule has 0 bridgehead atoms. The SMILES string of the molecule is CCn1cnc(-c2ncco2)n1. The van der Waals surface area contributed by atoms with Gasteiger partial charge in [0.1, 0.15) is 12.6 Å². The summed E-state index contributed by atoms with van der Waals surface area (Å²) in [7, 11) is 0. The summed E-state index contributed by atoms with van der Waals surface area (Å²) in [5, 5.41) is 4.12. The summed E-state index contributed by atoms with van der Waals surface area (Å²) in [5.74, 6) is 0.990. The average Bonchev–Trinajstić information content (AvgIpc) is 2.75.